The molecular weight excluding hydrogens is 408 g/mol. The molecule has 4 aromatic rings. The number of nitrogens with zero attached hydrogens (tertiary/aromatic N) is 6. The topological polar surface area (TPSA) is 122 Å². The lowest BCUT2D eigenvalue weighted by atomic mass is 10.1. The second-order valence-corrected chi connectivity index (χ2v) is 7.83. The average Bonchev–Trinajstić information content (AvgIpc) is 3.30. The number of rotatable bonds is 7. The van der Waals surface area contributed by atoms with Crippen LogP contribution in [0, 0.1) is 24.0 Å². The number of aryl methyl sites for hydroxylation is 3. The molecule has 2 aromatic carbocycles. The van der Waals surface area contributed by atoms with Gasteiger partial charge in [-0.1, -0.05) is 17.8 Å². The van der Waals surface area contributed by atoms with Crippen LogP contribution >= 0.6 is 11.8 Å². The van der Waals surface area contributed by atoms with Crippen molar-refractivity contribution >= 4 is 28.5 Å². The van der Waals surface area contributed by atoms with Crippen LogP contribution in [0.2, 0.25) is 0 Å². The molecule has 4 rings (SSSR count). The van der Waals surface area contributed by atoms with E-state index in [-0.39, 0.29) is 5.69 Å². The first-order chi connectivity index (χ1) is 14.4. The molecule has 0 unspecified atom stereocenters. The number of nitro groups is 1. The highest BCUT2D eigenvalue weighted by molar-refractivity contribution is 7.99. The number of tetrazole rings is 1. The van der Waals surface area contributed by atoms with E-state index in [1.807, 2.05) is 32.0 Å². The van der Waals surface area contributed by atoms with Crippen LogP contribution in [0.3, 0.4) is 0 Å². The maximum absolute atomic E-state index is 12.1. The fraction of sp³-hybridized carbons (Fsp3) is 0.263. The number of fused-ring (bicyclic) bond motifs is 1. The van der Waals surface area contributed by atoms with Crippen LogP contribution < -0.4 is 5.76 Å². The first-order valence-electron chi connectivity index (χ1n) is 9.20. The number of aromatic nitrogens is 5. The number of hydrogen-bond acceptors (Lipinski definition) is 8. The number of non-ortho nitro benzene ring substituents is 1. The van der Waals surface area contributed by atoms with Gasteiger partial charge in [0.25, 0.3) is 5.69 Å². The summed E-state index contributed by atoms with van der Waals surface area (Å²) < 4.78 is 8.27. The van der Waals surface area contributed by atoms with E-state index in [4.69, 9.17) is 4.42 Å². The number of thioether (sulfide) groups is 1. The molecule has 0 saturated heterocycles. The highest BCUT2D eigenvalue weighted by atomic mass is 32.2. The third kappa shape index (κ3) is 3.83. The molecule has 0 atom stereocenters. The quantitative estimate of drug-likeness (QED) is 0.191. The molecule has 0 fully saturated rings. The van der Waals surface area contributed by atoms with Crippen molar-refractivity contribution in [3.05, 3.63) is 68.2 Å². The van der Waals surface area contributed by atoms with Crippen LogP contribution in [0.25, 0.3) is 16.8 Å². The number of nitro benzene ring substituents is 1. The van der Waals surface area contributed by atoms with Crippen molar-refractivity contribution in [2.45, 2.75) is 32.0 Å². The summed E-state index contributed by atoms with van der Waals surface area (Å²) in [5.41, 5.74) is 3.89. The second-order valence-electron chi connectivity index (χ2n) is 6.77. The fourth-order valence-corrected chi connectivity index (χ4v) is 3.86. The monoisotopic (exact) mass is 426 g/mol. The Bertz CT molecular complexity index is 1290. The van der Waals surface area contributed by atoms with Crippen LogP contribution in [0.15, 0.2) is 50.8 Å². The summed E-state index contributed by atoms with van der Waals surface area (Å²) in [4.78, 5) is 22.6. The Morgan fingerprint density at radius 3 is 2.77 bits per heavy atom. The standard InChI is InChI=1S/C19H18N6O4S/c1-12-4-5-14(10-13(12)2)24-18(20-21-22-24)30-9-3-8-23-16-11-15(25(27)28)6-7-17(16)29-19(23)26/h4-7,10-11H,3,8-9H2,1-2H3. The van der Waals surface area contributed by atoms with Gasteiger partial charge in [-0.25, -0.2) is 4.79 Å². The summed E-state index contributed by atoms with van der Waals surface area (Å²) in [6.07, 6.45) is 0.627. The van der Waals surface area contributed by atoms with Crippen molar-refractivity contribution in [2.75, 3.05) is 5.75 Å². The van der Waals surface area contributed by atoms with E-state index in [0.29, 0.717) is 35.0 Å². The molecule has 11 heteroatoms. The molecule has 0 aliphatic carbocycles. The summed E-state index contributed by atoms with van der Waals surface area (Å²) in [5, 5.41) is 23.6. The Labute approximate surface area is 174 Å². The van der Waals surface area contributed by atoms with E-state index in [0.717, 1.165) is 11.3 Å². The van der Waals surface area contributed by atoms with Gasteiger partial charge in [-0.05, 0) is 60.0 Å². The Hall–Kier alpha value is -3.47. The van der Waals surface area contributed by atoms with Crippen LogP contribution in [0.1, 0.15) is 17.5 Å². The van der Waals surface area contributed by atoms with Gasteiger partial charge in [0.05, 0.1) is 16.1 Å². The number of benzene rings is 2. The van der Waals surface area contributed by atoms with Crippen molar-refractivity contribution < 1.29 is 9.34 Å². The summed E-state index contributed by atoms with van der Waals surface area (Å²) in [6, 6.07) is 10.1. The molecular formula is C19H18N6O4S. The first-order valence-corrected chi connectivity index (χ1v) is 10.2. The molecule has 0 amide bonds. The Kier molecular flexibility index (Phi) is 5.36. The minimum absolute atomic E-state index is 0.0843. The van der Waals surface area contributed by atoms with Crippen LogP contribution in [0.5, 0.6) is 0 Å². The Morgan fingerprint density at radius 2 is 2.00 bits per heavy atom. The van der Waals surface area contributed by atoms with Gasteiger partial charge in [0.2, 0.25) is 5.16 Å². The van der Waals surface area contributed by atoms with E-state index in [1.165, 1.54) is 40.1 Å². The van der Waals surface area contributed by atoms with Crippen molar-refractivity contribution in [3.8, 4) is 5.69 Å². The van der Waals surface area contributed by atoms with Crippen molar-refractivity contribution in [3.63, 3.8) is 0 Å². The summed E-state index contributed by atoms with van der Waals surface area (Å²) >= 11 is 1.47. The van der Waals surface area contributed by atoms with Crippen molar-refractivity contribution in [2.24, 2.45) is 0 Å². The van der Waals surface area contributed by atoms with Gasteiger partial charge in [-0.15, -0.1) is 5.10 Å². The van der Waals surface area contributed by atoms with Crippen molar-refractivity contribution in [1.29, 1.82) is 0 Å². The normalized spacial score (nSPS) is 11.3. The Morgan fingerprint density at radius 1 is 1.17 bits per heavy atom. The summed E-state index contributed by atoms with van der Waals surface area (Å²) in [5.74, 6) is 0.120. The van der Waals surface area contributed by atoms with E-state index in [9.17, 15) is 14.9 Å². The van der Waals surface area contributed by atoms with Gasteiger partial charge in [-0.3, -0.25) is 14.7 Å². The lowest BCUT2D eigenvalue weighted by Gasteiger charge is -2.07. The minimum Gasteiger partial charge on any atom is -0.408 e. The average molecular weight is 426 g/mol. The van der Waals surface area contributed by atoms with Crippen LogP contribution in [-0.4, -0.2) is 35.5 Å². The summed E-state index contributed by atoms with van der Waals surface area (Å²) in [6.45, 7) is 4.45. The highest BCUT2D eigenvalue weighted by Gasteiger charge is 2.15. The van der Waals surface area contributed by atoms with E-state index in [1.54, 1.807) is 4.68 Å². The van der Waals surface area contributed by atoms with Crippen LogP contribution in [-0.2, 0) is 6.54 Å². The zero-order chi connectivity index (χ0) is 21.3. The zero-order valence-corrected chi connectivity index (χ0v) is 17.1. The summed E-state index contributed by atoms with van der Waals surface area (Å²) in [7, 11) is 0. The molecule has 0 N–H and O–H groups in total. The number of hydrogen-bond donors (Lipinski definition) is 0. The fourth-order valence-electron chi connectivity index (χ4n) is 3.05. The van der Waals surface area contributed by atoms with Gasteiger partial charge in [0.15, 0.2) is 5.58 Å². The van der Waals surface area contributed by atoms with Gasteiger partial charge in [0.1, 0.15) is 0 Å². The van der Waals surface area contributed by atoms with E-state index in [2.05, 4.69) is 15.5 Å². The third-order valence-electron chi connectivity index (χ3n) is 4.79. The molecule has 0 radical (unpaired) electrons. The molecule has 2 aromatic heterocycles. The lowest BCUT2D eigenvalue weighted by molar-refractivity contribution is -0.384. The zero-order valence-electron chi connectivity index (χ0n) is 16.3. The molecule has 0 spiro atoms. The molecule has 0 aliphatic rings. The largest absolute Gasteiger partial charge is 0.419 e. The van der Waals surface area contributed by atoms with Gasteiger partial charge in [0, 0.05) is 24.4 Å². The predicted octanol–water partition coefficient (Wildman–Crippen LogP) is 3.28. The smallest absolute Gasteiger partial charge is 0.408 e. The molecule has 2 heterocycles. The van der Waals surface area contributed by atoms with E-state index < -0.39 is 10.7 Å². The van der Waals surface area contributed by atoms with Crippen LogP contribution in [0.4, 0.5) is 5.69 Å². The predicted molar refractivity (Wildman–Crippen MR) is 111 cm³/mol. The van der Waals surface area contributed by atoms with Gasteiger partial charge in [-0.2, -0.15) is 4.68 Å². The maximum Gasteiger partial charge on any atom is 0.419 e. The molecule has 0 saturated carbocycles. The molecule has 0 aliphatic heterocycles. The number of oxazole rings is 1. The second kappa shape index (κ2) is 8.11. The Balaban J connectivity index is 1.45. The molecule has 154 valence electrons. The first kappa shape index (κ1) is 19.8. The SMILES string of the molecule is Cc1ccc(-n2nnnc2SCCCn2c(=O)oc3ccc([N+](=O)[O-])cc32)cc1C. The third-order valence-corrected chi connectivity index (χ3v) is 5.80. The van der Waals surface area contributed by atoms with E-state index >= 15 is 0 Å². The molecule has 30 heavy (non-hydrogen) atoms. The van der Waals surface area contributed by atoms with Gasteiger partial charge >= 0.3 is 5.76 Å². The minimum atomic E-state index is -0.532. The van der Waals surface area contributed by atoms with Gasteiger partial charge < -0.3 is 4.42 Å². The lowest BCUT2D eigenvalue weighted by Crippen LogP contribution is -2.14. The highest BCUT2D eigenvalue weighted by Crippen LogP contribution is 2.23. The molecule has 10 nitrogen and oxygen atoms in total. The molecule has 0 bridgehead atoms. The van der Waals surface area contributed by atoms with Crippen molar-refractivity contribution in [1.82, 2.24) is 24.8 Å². The maximum atomic E-state index is 12.1.